The first-order chi connectivity index (χ1) is 8.70. The normalized spacial score (nSPS) is 10.9. The van der Waals surface area contributed by atoms with Crippen molar-refractivity contribution >= 4 is 12.0 Å². The highest BCUT2D eigenvalue weighted by atomic mass is 16.4. The lowest BCUT2D eigenvalue weighted by molar-refractivity contribution is 0.0690. The topological polar surface area (TPSA) is 86.2 Å². The monoisotopic (exact) mass is 244 g/mol. The van der Waals surface area contributed by atoms with E-state index < -0.39 is 5.97 Å². The molecule has 2 rings (SSSR count). The van der Waals surface area contributed by atoms with Gasteiger partial charge in [-0.05, 0) is 11.6 Å². The average Bonchev–Trinajstić information content (AvgIpc) is 2.87. The number of hydrogen-bond acceptors (Lipinski definition) is 3. The Labute approximate surface area is 103 Å². The quantitative estimate of drug-likeness (QED) is 0.765. The third kappa shape index (κ3) is 2.64. The number of carbonyl (C=O) groups is 1. The standard InChI is InChI=1S/C13H12N2O3/c16-7-1-2-9-3-5-10(6-4-9)11-8-12(13(17)18)15-14-11/h1-6,8,16H,7H2,(H,14,15)(H,17,18). The molecular weight excluding hydrogens is 232 g/mol. The molecule has 0 spiro atoms. The van der Waals surface area contributed by atoms with E-state index >= 15 is 0 Å². The zero-order chi connectivity index (χ0) is 13.0. The highest BCUT2D eigenvalue weighted by Crippen LogP contribution is 2.18. The summed E-state index contributed by atoms with van der Waals surface area (Å²) in [7, 11) is 0. The van der Waals surface area contributed by atoms with Crippen LogP contribution in [-0.4, -0.2) is 33.0 Å². The number of carboxylic acid groups (broad SMARTS) is 1. The molecule has 5 heteroatoms. The van der Waals surface area contributed by atoms with Crippen LogP contribution in [0.4, 0.5) is 0 Å². The Morgan fingerprint density at radius 1 is 1.33 bits per heavy atom. The summed E-state index contributed by atoms with van der Waals surface area (Å²) in [5, 5.41) is 23.8. The summed E-state index contributed by atoms with van der Waals surface area (Å²) in [6.45, 7) is 0.00306. The number of carboxylic acids is 1. The van der Waals surface area contributed by atoms with Gasteiger partial charge in [0, 0.05) is 5.56 Å². The van der Waals surface area contributed by atoms with Gasteiger partial charge in [-0.3, -0.25) is 5.10 Å². The Balaban J connectivity index is 2.23. The third-order valence-corrected chi connectivity index (χ3v) is 2.43. The second kappa shape index (κ2) is 5.29. The molecule has 18 heavy (non-hydrogen) atoms. The van der Waals surface area contributed by atoms with E-state index in [1.165, 1.54) is 6.07 Å². The number of aromatic nitrogens is 2. The van der Waals surface area contributed by atoms with Gasteiger partial charge < -0.3 is 10.2 Å². The van der Waals surface area contributed by atoms with Crippen LogP contribution in [0.25, 0.3) is 17.3 Å². The predicted molar refractivity (Wildman–Crippen MR) is 67.1 cm³/mol. The fourth-order valence-electron chi connectivity index (χ4n) is 1.53. The number of rotatable bonds is 4. The van der Waals surface area contributed by atoms with Crippen LogP contribution in [0, 0.1) is 0 Å². The maximum Gasteiger partial charge on any atom is 0.353 e. The molecule has 0 atom stereocenters. The number of benzene rings is 1. The minimum absolute atomic E-state index is 0.00306. The SMILES string of the molecule is O=C(O)c1cc(-c2ccc(C=CCO)cc2)n[nH]1. The van der Waals surface area contributed by atoms with Gasteiger partial charge in [0.05, 0.1) is 12.3 Å². The number of nitrogens with one attached hydrogen (secondary N) is 1. The lowest BCUT2D eigenvalue weighted by atomic mass is 10.1. The molecule has 1 aromatic carbocycles. The molecule has 0 fully saturated rings. The number of nitrogens with zero attached hydrogens (tertiary/aromatic N) is 1. The summed E-state index contributed by atoms with van der Waals surface area (Å²) < 4.78 is 0. The van der Waals surface area contributed by atoms with E-state index in [2.05, 4.69) is 10.2 Å². The number of aromatic carboxylic acids is 1. The summed E-state index contributed by atoms with van der Waals surface area (Å²) in [6.07, 6.45) is 3.45. The van der Waals surface area contributed by atoms with Crippen molar-refractivity contribution in [1.82, 2.24) is 10.2 Å². The molecule has 0 unspecified atom stereocenters. The minimum Gasteiger partial charge on any atom is -0.477 e. The summed E-state index contributed by atoms with van der Waals surface area (Å²) in [5.41, 5.74) is 2.45. The molecule has 0 aliphatic heterocycles. The largest absolute Gasteiger partial charge is 0.477 e. The van der Waals surface area contributed by atoms with Gasteiger partial charge in [-0.25, -0.2) is 4.79 Å². The fraction of sp³-hybridized carbons (Fsp3) is 0.0769. The van der Waals surface area contributed by atoms with Gasteiger partial charge in [0.25, 0.3) is 0 Å². The van der Waals surface area contributed by atoms with Crippen molar-refractivity contribution in [3.8, 4) is 11.3 Å². The van der Waals surface area contributed by atoms with Crippen molar-refractivity contribution in [2.45, 2.75) is 0 Å². The highest BCUT2D eigenvalue weighted by Gasteiger charge is 2.08. The molecule has 0 saturated heterocycles. The zero-order valence-electron chi connectivity index (χ0n) is 9.50. The third-order valence-electron chi connectivity index (χ3n) is 2.43. The van der Waals surface area contributed by atoms with Crippen molar-refractivity contribution < 1.29 is 15.0 Å². The van der Waals surface area contributed by atoms with Gasteiger partial charge in [-0.15, -0.1) is 0 Å². The summed E-state index contributed by atoms with van der Waals surface area (Å²) in [4.78, 5) is 10.7. The van der Waals surface area contributed by atoms with Crippen LogP contribution in [0.1, 0.15) is 16.1 Å². The number of aliphatic hydroxyl groups excluding tert-OH is 1. The molecule has 0 saturated carbocycles. The van der Waals surface area contributed by atoms with Gasteiger partial charge in [-0.2, -0.15) is 5.10 Å². The van der Waals surface area contributed by atoms with E-state index in [1.54, 1.807) is 12.2 Å². The maximum absolute atomic E-state index is 10.7. The molecule has 92 valence electrons. The number of H-pyrrole nitrogens is 1. The van der Waals surface area contributed by atoms with Crippen LogP contribution in [0.2, 0.25) is 0 Å². The van der Waals surface area contributed by atoms with E-state index in [9.17, 15) is 4.79 Å². The van der Waals surface area contributed by atoms with Crippen molar-refractivity contribution in [2.75, 3.05) is 6.61 Å². The van der Waals surface area contributed by atoms with E-state index in [1.807, 2.05) is 24.3 Å². The Morgan fingerprint density at radius 3 is 2.61 bits per heavy atom. The van der Waals surface area contributed by atoms with Gasteiger partial charge in [0.2, 0.25) is 0 Å². The van der Waals surface area contributed by atoms with Crippen LogP contribution in [-0.2, 0) is 0 Å². The van der Waals surface area contributed by atoms with E-state index in [-0.39, 0.29) is 12.3 Å². The molecule has 0 aliphatic carbocycles. The first-order valence-electron chi connectivity index (χ1n) is 5.37. The lowest BCUT2D eigenvalue weighted by Crippen LogP contribution is -1.95. The van der Waals surface area contributed by atoms with Crippen LogP contribution in [0.15, 0.2) is 36.4 Å². The molecule has 0 bridgehead atoms. The fourth-order valence-corrected chi connectivity index (χ4v) is 1.53. The zero-order valence-corrected chi connectivity index (χ0v) is 9.50. The highest BCUT2D eigenvalue weighted by molar-refractivity contribution is 5.86. The summed E-state index contributed by atoms with van der Waals surface area (Å²) in [6, 6.07) is 8.92. The molecule has 0 amide bonds. The molecule has 0 radical (unpaired) electrons. The Hall–Kier alpha value is -2.40. The number of aliphatic hydroxyl groups is 1. The molecule has 3 N–H and O–H groups in total. The predicted octanol–water partition coefficient (Wildman–Crippen LogP) is 1.78. The minimum atomic E-state index is -1.03. The Kier molecular flexibility index (Phi) is 3.54. The molecule has 5 nitrogen and oxygen atoms in total. The van der Waals surface area contributed by atoms with Crippen molar-refractivity contribution in [3.63, 3.8) is 0 Å². The first kappa shape index (κ1) is 12.1. The Morgan fingerprint density at radius 2 is 2.06 bits per heavy atom. The second-order valence-corrected chi connectivity index (χ2v) is 3.68. The van der Waals surface area contributed by atoms with Crippen molar-refractivity contribution in [3.05, 3.63) is 47.7 Å². The van der Waals surface area contributed by atoms with E-state index in [0.717, 1.165) is 11.1 Å². The molecule has 0 aliphatic rings. The van der Waals surface area contributed by atoms with Crippen LogP contribution < -0.4 is 0 Å². The number of hydrogen-bond donors (Lipinski definition) is 3. The first-order valence-corrected chi connectivity index (χ1v) is 5.37. The molecule has 1 heterocycles. The molecule has 2 aromatic rings. The lowest BCUT2D eigenvalue weighted by Gasteiger charge is -1.97. The maximum atomic E-state index is 10.7. The second-order valence-electron chi connectivity index (χ2n) is 3.68. The van der Waals surface area contributed by atoms with Gasteiger partial charge in [0.15, 0.2) is 0 Å². The average molecular weight is 244 g/mol. The van der Waals surface area contributed by atoms with Gasteiger partial charge in [-0.1, -0.05) is 36.4 Å². The van der Waals surface area contributed by atoms with E-state index in [4.69, 9.17) is 10.2 Å². The summed E-state index contributed by atoms with van der Waals surface area (Å²) in [5.74, 6) is -1.03. The van der Waals surface area contributed by atoms with Crippen LogP contribution in [0.5, 0.6) is 0 Å². The van der Waals surface area contributed by atoms with Crippen LogP contribution in [0.3, 0.4) is 0 Å². The number of aromatic amines is 1. The van der Waals surface area contributed by atoms with Crippen molar-refractivity contribution in [2.24, 2.45) is 0 Å². The Bertz CT molecular complexity index is 570. The van der Waals surface area contributed by atoms with Gasteiger partial charge in [0.1, 0.15) is 5.69 Å². The van der Waals surface area contributed by atoms with Crippen molar-refractivity contribution in [1.29, 1.82) is 0 Å². The molecular formula is C13H12N2O3. The van der Waals surface area contributed by atoms with Gasteiger partial charge >= 0.3 is 5.97 Å². The van der Waals surface area contributed by atoms with E-state index in [0.29, 0.717) is 5.69 Å². The smallest absolute Gasteiger partial charge is 0.353 e. The van der Waals surface area contributed by atoms with Crippen LogP contribution >= 0.6 is 0 Å². The summed E-state index contributed by atoms with van der Waals surface area (Å²) >= 11 is 0. The molecule has 1 aromatic heterocycles.